The fourth-order valence-corrected chi connectivity index (χ4v) is 5.26. The standard InChI is InChI=1S/C23H29NO4S/c1-6-23(2,3)14-11-12-16-18(13-14)29-21(19(16)22(26)28-5)24-20(25)15-9-7-8-10-17(15)27-4/h7-10,14H,6,11-13H2,1-5H3,(H,24,25). The van der Waals surface area contributed by atoms with E-state index in [4.69, 9.17) is 9.47 Å². The van der Waals surface area contributed by atoms with Crippen LogP contribution in [0.3, 0.4) is 0 Å². The summed E-state index contributed by atoms with van der Waals surface area (Å²) in [5, 5.41) is 3.50. The van der Waals surface area contributed by atoms with Crippen molar-refractivity contribution < 1.29 is 19.1 Å². The Morgan fingerprint density at radius 3 is 2.62 bits per heavy atom. The van der Waals surface area contributed by atoms with Crippen LogP contribution in [0.15, 0.2) is 24.3 Å². The Labute approximate surface area is 176 Å². The number of carbonyl (C=O) groups excluding carboxylic acids is 2. The number of nitrogens with one attached hydrogen (secondary N) is 1. The third-order valence-corrected chi connectivity index (χ3v) is 7.42. The molecule has 0 spiro atoms. The molecule has 29 heavy (non-hydrogen) atoms. The molecule has 156 valence electrons. The van der Waals surface area contributed by atoms with Crippen LogP contribution in [0, 0.1) is 11.3 Å². The van der Waals surface area contributed by atoms with Crippen molar-refractivity contribution in [2.75, 3.05) is 19.5 Å². The molecule has 1 N–H and O–H groups in total. The topological polar surface area (TPSA) is 64.6 Å². The number of hydrogen-bond acceptors (Lipinski definition) is 5. The smallest absolute Gasteiger partial charge is 0.341 e. The molecule has 0 saturated heterocycles. The molecular formula is C23H29NO4S. The van der Waals surface area contributed by atoms with Gasteiger partial charge < -0.3 is 14.8 Å². The van der Waals surface area contributed by atoms with Gasteiger partial charge in [-0.15, -0.1) is 11.3 Å². The Bertz CT molecular complexity index is 916. The lowest BCUT2D eigenvalue weighted by Gasteiger charge is -2.36. The third kappa shape index (κ3) is 4.17. The number of para-hydroxylation sites is 1. The summed E-state index contributed by atoms with van der Waals surface area (Å²) in [7, 11) is 2.91. The zero-order chi connectivity index (χ0) is 21.2. The summed E-state index contributed by atoms with van der Waals surface area (Å²) in [6.07, 6.45) is 3.90. The molecule has 1 unspecified atom stereocenters. The zero-order valence-electron chi connectivity index (χ0n) is 17.8. The number of rotatable bonds is 6. The molecule has 0 bridgehead atoms. The summed E-state index contributed by atoms with van der Waals surface area (Å²) in [6, 6.07) is 7.05. The molecule has 2 aromatic rings. The van der Waals surface area contributed by atoms with E-state index in [0.717, 1.165) is 31.2 Å². The lowest BCUT2D eigenvalue weighted by Crippen LogP contribution is -2.28. The van der Waals surface area contributed by atoms with Crippen LogP contribution in [0.2, 0.25) is 0 Å². The Kier molecular flexibility index (Phi) is 6.32. The SMILES string of the molecule is CCC(C)(C)C1CCc2c(sc(NC(=O)c3ccccc3OC)c2C(=O)OC)C1. The number of carbonyl (C=O) groups is 2. The van der Waals surface area contributed by atoms with Gasteiger partial charge in [0.1, 0.15) is 10.8 Å². The highest BCUT2D eigenvalue weighted by atomic mass is 32.1. The van der Waals surface area contributed by atoms with Gasteiger partial charge in [0.2, 0.25) is 0 Å². The monoisotopic (exact) mass is 415 g/mol. The molecule has 1 aliphatic carbocycles. The minimum Gasteiger partial charge on any atom is -0.496 e. The predicted octanol–water partition coefficient (Wildman–Crippen LogP) is 5.34. The summed E-state index contributed by atoms with van der Waals surface area (Å²) in [5.74, 6) is 0.361. The first kappa shape index (κ1) is 21.4. The van der Waals surface area contributed by atoms with E-state index in [1.807, 2.05) is 6.07 Å². The van der Waals surface area contributed by atoms with Crippen LogP contribution in [0.25, 0.3) is 0 Å². The van der Waals surface area contributed by atoms with Crippen LogP contribution in [-0.2, 0) is 17.6 Å². The first-order valence-electron chi connectivity index (χ1n) is 9.99. The molecule has 1 aromatic carbocycles. The van der Waals surface area contributed by atoms with Gasteiger partial charge in [0.15, 0.2) is 0 Å². The highest BCUT2D eigenvalue weighted by Crippen LogP contribution is 2.45. The highest BCUT2D eigenvalue weighted by Gasteiger charge is 2.35. The van der Waals surface area contributed by atoms with E-state index < -0.39 is 5.97 Å². The van der Waals surface area contributed by atoms with Crippen LogP contribution in [0.5, 0.6) is 5.75 Å². The summed E-state index contributed by atoms with van der Waals surface area (Å²) in [4.78, 5) is 26.6. The number of benzene rings is 1. The Morgan fingerprint density at radius 2 is 1.97 bits per heavy atom. The number of hydrogen-bond donors (Lipinski definition) is 1. The molecule has 1 aliphatic rings. The number of anilines is 1. The van der Waals surface area contributed by atoms with Crippen molar-refractivity contribution in [2.24, 2.45) is 11.3 Å². The van der Waals surface area contributed by atoms with E-state index in [0.29, 0.717) is 27.8 Å². The van der Waals surface area contributed by atoms with E-state index in [-0.39, 0.29) is 11.3 Å². The van der Waals surface area contributed by atoms with Crippen molar-refractivity contribution >= 4 is 28.2 Å². The summed E-state index contributed by atoms with van der Waals surface area (Å²) < 4.78 is 10.3. The van der Waals surface area contributed by atoms with Gasteiger partial charge in [-0.3, -0.25) is 4.79 Å². The van der Waals surface area contributed by atoms with Crippen molar-refractivity contribution in [3.8, 4) is 5.75 Å². The first-order chi connectivity index (χ1) is 13.8. The van der Waals surface area contributed by atoms with Crippen molar-refractivity contribution in [1.82, 2.24) is 0 Å². The summed E-state index contributed by atoms with van der Waals surface area (Å²) in [6.45, 7) is 6.84. The van der Waals surface area contributed by atoms with Gasteiger partial charge in [-0.25, -0.2) is 4.79 Å². The summed E-state index contributed by atoms with van der Waals surface area (Å²) >= 11 is 1.50. The molecule has 1 heterocycles. The summed E-state index contributed by atoms with van der Waals surface area (Å²) in [5.41, 5.74) is 2.21. The Hall–Kier alpha value is -2.34. The van der Waals surface area contributed by atoms with E-state index in [1.165, 1.54) is 30.4 Å². The third-order valence-electron chi connectivity index (χ3n) is 6.25. The van der Waals surface area contributed by atoms with Crippen LogP contribution in [0.4, 0.5) is 5.00 Å². The van der Waals surface area contributed by atoms with E-state index >= 15 is 0 Å². The molecule has 0 fully saturated rings. The van der Waals surface area contributed by atoms with E-state index in [9.17, 15) is 9.59 Å². The fraction of sp³-hybridized carbons (Fsp3) is 0.478. The molecule has 1 amide bonds. The van der Waals surface area contributed by atoms with E-state index in [2.05, 4.69) is 26.1 Å². The van der Waals surface area contributed by atoms with Crippen molar-refractivity contribution in [2.45, 2.75) is 46.5 Å². The maximum Gasteiger partial charge on any atom is 0.341 e. The second-order valence-electron chi connectivity index (χ2n) is 8.14. The highest BCUT2D eigenvalue weighted by molar-refractivity contribution is 7.17. The second kappa shape index (κ2) is 8.57. The number of ether oxygens (including phenoxy) is 2. The van der Waals surface area contributed by atoms with E-state index in [1.54, 1.807) is 18.2 Å². The molecule has 1 atom stereocenters. The van der Waals surface area contributed by atoms with Gasteiger partial charge in [-0.1, -0.05) is 39.3 Å². The molecular weight excluding hydrogens is 386 g/mol. The number of methoxy groups -OCH3 is 2. The lowest BCUT2D eigenvalue weighted by atomic mass is 9.69. The van der Waals surface area contributed by atoms with Crippen LogP contribution < -0.4 is 10.1 Å². The zero-order valence-corrected chi connectivity index (χ0v) is 18.6. The van der Waals surface area contributed by atoms with Crippen LogP contribution in [0.1, 0.15) is 64.8 Å². The molecule has 0 saturated carbocycles. The largest absolute Gasteiger partial charge is 0.496 e. The average molecular weight is 416 g/mol. The minimum atomic E-state index is -0.397. The van der Waals surface area contributed by atoms with Gasteiger partial charge in [-0.2, -0.15) is 0 Å². The fourth-order valence-electron chi connectivity index (χ4n) is 3.95. The number of thiophene rings is 1. The normalized spacial score (nSPS) is 16.1. The number of amides is 1. The van der Waals surface area contributed by atoms with Crippen LogP contribution in [-0.4, -0.2) is 26.1 Å². The molecule has 6 heteroatoms. The number of fused-ring (bicyclic) bond motifs is 1. The first-order valence-corrected chi connectivity index (χ1v) is 10.8. The Balaban J connectivity index is 1.95. The maximum absolute atomic E-state index is 12.9. The molecule has 0 radical (unpaired) electrons. The predicted molar refractivity (Wildman–Crippen MR) is 116 cm³/mol. The lowest BCUT2D eigenvalue weighted by molar-refractivity contribution is 0.0600. The van der Waals surface area contributed by atoms with Gasteiger partial charge in [0.25, 0.3) is 5.91 Å². The average Bonchev–Trinajstić information content (AvgIpc) is 3.09. The van der Waals surface area contributed by atoms with Gasteiger partial charge in [0.05, 0.1) is 25.3 Å². The van der Waals surface area contributed by atoms with Gasteiger partial charge in [0, 0.05) is 4.88 Å². The minimum absolute atomic E-state index is 0.244. The Morgan fingerprint density at radius 1 is 1.24 bits per heavy atom. The molecule has 0 aliphatic heterocycles. The van der Waals surface area contributed by atoms with Crippen molar-refractivity contribution in [3.63, 3.8) is 0 Å². The quantitative estimate of drug-likeness (QED) is 0.647. The molecule has 3 rings (SSSR count). The molecule has 1 aromatic heterocycles. The maximum atomic E-state index is 12.9. The van der Waals surface area contributed by atoms with Gasteiger partial charge in [-0.05, 0) is 48.3 Å². The van der Waals surface area contributed by atoms with Crippen molar-refractivity contribution in [3.05, 3.63) is 45.8 Å². The van der Waals surface area contributed by atoms with Gasteiger partial charge >= 0.3 is 5.97 Å². The second-order valence-corrected chi connectivity index (χ2v) is 9.24. The number of esters is 1. The molecule has 5 nitrogen and oxygen atoms in total. The van der Waals surface area contributed by atoms with Crippen LogP contribution >= 0.6 is 11.3 Å². The van der Waals surface area contributed by atoms with Crippen molar-refractivity contribution in [1.29, 1.82) is 0 Å².